The lowest BCUT2D eigenvalue weighted by molar-refractivity contribution is -0.141. The lowest BCUT2D eigenvalue weighted by Crippen LogP contribution is -2.31. The fraction of sp³-hybridized carbons (Fsp3) is 0.0588. The Kier molecular flexibility index (Phi) is 5.97. The zero-order valence-corrected chi connectivity index (χ0v) is 16.2. The van der Waals surface area contributed by atoms with E-state index in [0.29, 0.717) is 10.7 Å². The van der Waals surface area contributed by atoms with E-state index in [1.54, 1.807) is 0 Å². The minimum absolute atomic E-state index is 0.0330. The molecule has 1 aromatic carbocycles. The summed E-state index contributed by atoms with van der Waals surface area (Å²) in [6.07, 6.45) is -3.55. The van der Waals surface area contributed by atoms with Gasteiger partial charge in [-0.1, -0.05) is 29.3 Å². The molecule has 0 aliphatic carbocycles. The lowest BCUT2D eigenvalue weighted by atomic mass is 10.1. The molecule has 0 saturated heterocycles. The summed E-state index contributed by atoms with van der Waals surface area (Å²) in [6, 6.07) is 7.51. The monoisotopic (exact) mass is 458 g/mol. The van der Waals surface area contributed by atoms with Crippen LogP contribution in [0.5, 0.6) is 0 Å². The number of hydrazine groups is 1. The molecule has 2 heterocycles. The van der Waals surface area contributed by atoms with Crippen LogP contribution in [0.1, 0.15) is 26.5 Å². The molecule has 2 amide bonds. The predicted octanol–water partition coefficient (Wildman–Crippen LogP) is 3.45. The van der Waals surface area contributed by atoms with Crippen molar-refractivity contribution >= 4 is 40.7 Å². The van der Waals surface area contributed by atoms with Crippen molar-refractivity contribution in [2.24, 2.45) is 5.84 Å². The van der Waals surface area contributed by atoms with Crippen LogP contribution < -0.4 is 16.6 Å². The number of benzene rings is 1. The van der Waals surface area contributed by atoms with E-state index in [1.165, 1.54) is 36.5 Å². The molecule has 3 rings (SSSR count). The largest absolute Gasteiger partial charge is 0.435 e. The van der Waals surface area contributed by atoms with Crippen molar-refractivity contribution in [3.63, 3.8) is 0 Å². The second kappa shape index (κ2) is 8.30. The molecular weight excluding hydrogens is 448 g/mol. The van der Waals surface area contributed by atoms with E-state index in [4.69, 9.17) is 29.0 Å². The summed E-state index contributed by atoms with van der Waals surface area (Å²) in [5, 5.41) is 5.70. The first kappa shape index (κ1) is 21.6. The molecule has 8 nitrogen and oxygen atoms in total. The van der Waals surface area contributed by atoms with Gasteiger partial charge < -0.3 is 5.32 Å². The number of nitrogens with two attached hydrogens (primary N) is 1. The Hall–Kier alpha value is -3.15. The number of hydrogen-bond donors (Lipinski definition) is 3. The van der Waals surface area contributed by atoms with Gasteiger partial charge >= 0.3 is 6.18 Å². The number of halogens is 5. The maximum absolute atomic E-state index is 13.2. The van der Waals surface area contributed by atoms with Gasteiger partial charge in [-0.15, -0.1) is 0 Å². The average molecular weight is 459 g/mol. The highest BCUT2D eigenvalue weighted by molar-refractivity contribution is 6.35. The summed E-state index contributed by atoms with van der Waals surface area (Å²) in [5.74, 6) is 3.10. The van der Waals surface area contributed by atoms with Crippen molar-refractivity contribution < 1.29 is 22.8 Å². The topological polar surface area (TPSA) is 115 Å². The number of amides is 2. The number of nitrogen functional groups attached to an aromatic ring is 1. The van der Waals surface area contributed by atoms with E-state index in [1.807, 2.05) is 5.43 Å². The molecule has 0 aliphatic heterocycles. The molecule has 0 aliphatic rings. The molecule has 2 aromatic heterocycles. The molecule has 0 atom stereocenters. The third kappa shape index (κ3) is 4.22. The number of aromatic nitrogens is 3. The fourth-order valence-electron chi connectivity index (χ4n) is 2.49. The Morgan fingerprint density at radius 3 is 2.40 bits per heavy atom. The Labute approximate surface area is 176 Å². The molecular formula is C17H11Cl2F3N6O2. The first-order valence-corrected chi connectivity index (χ1v) is 8.78. The number of carbonyl (C=O) groups is 2. The number of alkyl halides is 3. The van der Waals surface area contributed by atoms with E-state index in [2.05, 4.69) is 15.4 Å². The van der Waals surface area contributed by atoms with E-state index >= 15 is 0 Å². The summed E-state index contributed by atoms with van der Waals surface area (Å²) in [6.45, 7) is 0. The quantitative estimate of drug-likeness (QED) is 0.314. The first-order valence-electron chi connectivity index (χ1n) is 8.02. The van der Waals surface area contributed by atoms with Gasteiger partial charge in [-0.25, -0.2) is 15.5 Å². The molecule has 0 fully saturated rings. The zero-order chi connectivity index (χ0) is 22.1. The molecule has 156 valence electrons. The van der Waals surface area contributed by atoms with Crippen LogP contribution >= 0.6 is 23.2 Å². The number of hydrogen-bond acceptors (Lipinski definition) is 5. The highest BCUT2D eigenvalue weighted by atomic mass is 35.5. The number of rotatable bonds is 4. The van der Waals surface area contributed by atoms with Crippen molar-refractivity contribution in [1.29, 1.82) is 0 Å². The van der Waals surface area contributed by atoms with E-state index in [0.717, 1.165) is 0 Å². The number of nitrogens with zero attached hydrogens (tertiary/aromatic N) is 3. The number of nitrogens with one attached hydrogen (secondary N) is 2. The molecule has 0 spiro atoms. The van der Waals surface area contributed by atoms with E-state index < -0.39 is 29.4 Å². The minimum Gasteiger partial charge on any atom is -0.320 e. The number of anilines is 1. The average Bonchev–Trinajstić information content (AvgIpc) is 3.14. The second-order valence-corrected chi connectivity index (χ2v) is 6.54. The zero-order valence-electron chi connectivity index (χ0n) is 14.7. The third-order valence-corrected chi connectivity index (χ3v) is 4.40. The van der Waals surface area contributed by atoms with Gasteiger partial charge in [-0.3, -0.25) is 15.0 Å². The maximum Gasteiger partial charge on any atom is 0.435 e. The van der Waals surface area contributed by atoms with Crippen molar-refractivity contribution in [2.75, 3.05) is 5.32 Å². The minimum atomic E-state index is -4.83. The smallest absolute Gasteiger partial charge is 0.320 e. The number of carbonyl (C=O) groups excluding carboxylic acids is 2. The van der Waals surface area contributed by atoms with Crippen LogP contribution in [0.2, 0.25) is 10.0 Å². The summed E-state index contributed by atoms with van der Waals surface area (Å²) in [7, 11) is 0. The predicted molar refractivity (Wildman–Crippen MR) is 102 cm³/mol. The summed E-state index contributed by atoms with van der Waals surface area (Å²) in [5.41, 5.74) is -0.236. The Bertz CT molecular complexity index is 1130. The molecule has 30 heavy (non-hydrogen) atoms. The van der Waals surface area contributed by atoms with Crippen molar-refractivity contribution in [3.8, 4) is 5.82 Å². The molecule has 0 bridgehead atoms. The second-order valence-electron chi connectivity index (χ2n) is 5.72. The normalized spacial score (nSPS) is 11.3. The van der Waals surface area contributed by atoms with Gasteiger partial charge in [-0.2, -0.15) is 18.3 Å². The van der Waals surface area contributed by atoms with Gasteiger partial charge in [0.15, 0.2) is 11.5 Å². The summed E-state index contributed by atoms with van der Waals surface area (Å²) in [4.78, 5) is 28.7. The van der Waals surface area contributed by atoms with Gasteiger partial charge in [0.1, 0.15) is 5.69 Å². The molecule has 0 radical (unpaired) electrons. The van der Waals surface area contributed by atoms with Gasteiger partial charge in [0.05, 0.1) is 21.3 Å². The van der Waals surface area contributed by atoms with Crippen LogP contribution in [0.4, 0.5) is 18.9 Å². The van der Waals surface area contributed by atoms with E-state index in [9.17, 15) is 22.8 Å². The van der Waals surface area contributed by atoms with Gasteiger partial charge in [0.2, 0.25) is 0 Å². The van der Waals surface area contributed by atoms with Gasteiger partial charge in [0, 0.05) is 12.3 Å². The van der Waals surface area contributed by atoms with Crippen LogP contribution in [-0.2, 0) is 6.18 Å². The lowest BCUT2D eigenvalue weighted by Gasteiger charge is -2.12. The van der Waals surface area contributed by atoms with E-state index in [-0.39, 0.29) is 27.1 Å². The Morgan fingerprint density at radius 1 is 1.07 bits per heavy atom. The van der Waals surface area contributed by atoms with Crippen LogP contribution in [0.3, 0.4) is 0 Å². The highest BCUT2D eigenvalue weighted by Gasteiger charge is 2.36. The van der Waals surface area contributed by atoms with Gasteiger partial charge in [0.25, 0.3) is 11.8 Å². The van der Waals surface area contributed by atoms with Crippen molar-refractivity contribution in [3.05, 3.63) is 69.6 Å². The highest BCUT2D eigenvalue weighted by Crippen LogP contribution is 2.31. The molecule has 0 unspecified atom stereocenters. The Morgan fingerprint density at radius 2 is 1.77 bits per heavy atom. The standard InChI is InChI=1S/C17H11Cl2F3N6O2/c18-8-3-1-5-10(13(8)16(30)26-23)25-15(29)11-7-12(17(20,21)22)27-28(11)14-9(19)4-2-6-24-14/h1-7H,23H2,(H,25,29)(H,26,30). The number of pyridine rings is 1. The van der Waals surface area contributed by atoms with Gasteiger partial charge in [-0.05, 0) is 24.3 Å². The van der Waals surface area contributed by atoms with Crippen LogP contribution in [0.25, 0.3) is 5.82 Å². The van der Waals surface area contributed by atoms with Crippen molar-refractivity contribution in [1.82, 2.24) is 20.2 Å². The third-order valence-electron chi connectivity index (χ3n) is 3.79. The van der Waals surface area contributed by atoms with Crippen LogP contribution in [-0.4, -0.2) is 26.6 Å². The SMILES string of the molecule is NNC(=O)c1c(Cl)cccc1NC(=O)c1cc(C(F)(F)F)nn1-c1ncccc1Cl. The molecule has 0 saturated carbocycles. The van der Waals surface area contributed by atoms with Crippen LogP contribution in [0.15, 0.2) is 42.6 Å². The first-order chi connectivity index (χ1) is 14.1. The molecule has 13 heteroatoms. The maximum atomic E-state index is 13.2. The summed E-state index contributed by atoms with van der Waals surface area (Å²) < 4.78 is 40.3. The van der Waals surface area contributed by atoms with Crippen molar-refractivity contribution in [2.45, 2.75) is 6.18 Å². The Balaban J connectivity index is 2.09. The fourth-order valence-corrected chi connectivity index (χ4v) is 2.96. The van der Waals surface area contributed by atoms with Crippen LogP contribution in [0, 0.1) is 0 Å². The molecule has 4 N–H and O–H groups in total. The summed E-state index contributed by atoms with van der Waals surface area (Å²) >= 11 is 12.0. The molecule has 3 aromatic rings.